The quantitative estimate of drug-likeness (QED) is 0.875. The lowest BCUT2D eigenvalue weighted by atomic mass is 10.1. The van der Waals surface area contributed by atoms with Crippen molar-refractivity contribution in [3.8, 4) is 11.8 Å². The Morgan fingerprint density at radius 2 is 2.32 bits per heavy atom. The lowest BCUT2D eigenvalue weighted by molar-refractivity contribution is -0.121. The summed E-state index contributed by atoms with van der Waals surface area (Å²) >= 11 is 3.40. The molecule has 0 bridgehead atoms. The molecule has 1 unspecified atom stereocenters. The molecule has 1 atom stereocenters. The van der Waals surface area contributed by atoms with E-state index in [2.05, 4.69) is 27.3 Å². The normalized spacial score (nSPS) is 11.5. The molecule has 1 aromatic rings. The summed E-state index contributed by atoms with van der Waals surface area (Å²) in [6.07, 6.45) is 0.986. The van der Waals surface area contributed by atoms with Crippen LogP contribution in [0.2, 0.25) is 0 Å². The first-order chi connectivity index (χ1) is 9.06. The van der Waals surface area contributed by atoms with Gasteiger partial charge in [0, 0.05) is 17.4 Å². The maximum atomic E-state index is 11.6. The Balaban J connectivity index is 2.50. The monoisotopic (exact) mass is 324 g/mol. The standard InChI is InChI=1S/C14H17BrN2O2/c1-10(8-16)9-17-14(18)6-3-11-7-12(15)4-5-13(11)19-2/h4-5,7,10H,3,6,9H2,1-2H3,(H,17,18). The molecule has 0 fully saturated rings. The highest BCUT2D eigenvalue weighted by molar-refractivity contribution is 9.10. The summed E-state index contributed by atoms with van der Waals surface area (Å²) < 4.78 is 6.21. The van der Waals surface area contributed by atoms with Gasteiger partial charge in [0.25, 0.3) is 0 Å². The van der Waals surface area contributed by atoms with Crippen molar-refractivity contribution < 1.29 is 9.53 Å². The Morgan fingerprint density at radius 3 is 2.95 bits per heavy atom. The van der Waals surface area contributed by atoms with Gasteiger partial charge in [-0.3, -0.25) is 4.79 Å². The maximum absolute atomic E-state index is 11.6. The largest absolute Gasteiger partial charge is 0.496 e. The number of nitrogens with zero attached hydrogens (tertiary/aromatic N) is 1. The number of rotatable bonds is 6. The van der Waals surface area contributed by atoms with Crippen LogP contribution in [0.5, 0.6) is 5.75 Å². The number of methoxy groups -OCH3 is 1. The molecule has 0 heterocycles. The van der Waals surface area contributed by atoms with Crippen LogP contribution in [-0.2, 0) is 11.2 Å². The van der Waals surface area contributed by atoms with Gasteiger partial charge in [0.15, 0.2) is 0 Å². The number of amides is 1. The van der Waals surface area contributed by atoms with Crippen LogP contribution in [0.4, 0.5) is 0 Å². The van der Waals surface area contributed by atoms with Crippen LogP contribution >= 0.6 is 15.9 Å². The molecule has 0 aliphatic carbocycles. The van der Waals surface area contributed by atoms with Gasteiger partial charge < -0.3 is 10.1 Å². The van der Waals surface area contributed by atoms with Crippen LogP contribution in [0.1, 0.15) is 18.9 Å². The molecule has 1 aromatic carbocycles. The fourth-order valence-electron chi connectivity index (χ4n) is 1.59. The second kappa shape index (κ2) is 7.80. The maximum Gasteiger partial charge on any atom is 0.220 e. The van der Waals surface area contributed by atoms with Gasteiger partial charge in [-0.05, 0) is 37.1 Å². The molecule has 5 heteroatoms. The van der Waals surface area contributed by atoms with E-state index in [4.69, 9.17) is 10.00 Å². The topological polar surface area (TPSA) is 62.1 Å². The van der Waals surface area contributed by atoms with Crippen molar-refractivity contribution >= 4 is 21.8 Å². The number of aryl methyl sites for hydroxylation is 1. The number of halogens is 1. The molecule has 0 aliphatic rings. The van der Waals surface area contributed by atoms with E-state index in [9.17, 15) is 4.79 Å². The summed E-state index contributed by atoms with van der Waals surface area (Å²) in [5.41, 5.74) is 0.986. The highest BCUT2D eigenvalue weighted by Gasteiger charge is 2.08. The highest BCUT2D eigenvalue weighted by atomic mass is 79.9. The van der Waals surface area contributed by atoms with E-state index >= 15 is 0 Å². The minimum Gasteiger partial charge on any atom is -0.496 e. The van der Waals surface area contributed by atoms with E-state index in [-0.39, 0.29) is 11.8 Å². The molecule has 4 nitrogen and oxygen atoms in total. The fraction of sp³-hybridized carbons (Fsp3) is 0.429. The van der Waals surface area contributed by atoms with Gasteiger partial charge in [0.05, 0.1) is 19.1 Å². The van der Waals surface area contributed by atoms with Gasteiger partial charge in [0.2, 0.25) is 5.91 Å². The number of nitriles is 1. The number of benzene rings is 1. The van der Waals surface area contributed by atoms with Gasteiger partial charge in [-0.15, -0.1) is 0 Å². The van der Waals surface area contributed by atoms with E-state index < -0.39 is 0 Å². The van der Waals surface area contributed by atoms with Crippen molar-refractivity contribution in [3.63, 3.8) is 0 Å². The van der Waals surface area contributed by atoms with Crippen molar-refractivity contribution in [2.45, 2.75) is 19.8 Å². The molecule has 0 spiro atoms. The third-order valence-electron chi connectivity index (χ3n) is 2.69. The Morgan fingerprint density at radius 1 is 1.58 bits per heavy atom. The summed E-state index contributed by atoms with van der Waals surface area (Å²) in [5, 5.41) is 11.4. The number of carbonyl (C=O) groups is 1. The third-order valence-corrected chi connectivity index (χ3v) is 3.18. The van der Waals surface area contributed by atoms with Crippen molar-refractivity contribution in [1.82, 2.24) is 5.32 Å². The molecular weight excluding hydrogens is 308 g/mol. The zero-order valence-electron chi connectivity index (χ0n) is 11.1. The second-order valence-electron chi connectivity index (χ2n) is 4.29. The van der Waals surface area contributed by atoms with Crippen molar-refractivity contribution in [2.75, 3.05) is 13.7 Å². The van der Waals surface area contributed by atoms with E-state index in [0.717, 1.165) is 15.8 Å². The average Bonchev–Trinajstić information content (AvgIpc) is 2.42. The minimum atomic E-state index is -0.163. The first kappa shape index (κ1) is 15.5. The minimum absolute atomic E-state index is 0.0517. The molecule has 1 rings (SSSR count). The average molecular weight is 325 g/mol. The van der Waals surface area contributed by atoms with Crippen LogP contribution < -0.4 is 10.1 Å². The molecule has 0 aromatic heterocycles. The zero-order valence-corrected chi connectivity index (χ0v) is 12.7. The van der Waals surface area contributed by atoms with E-state index in [1.165, 1.54) is 0 Å². The number of hydrogen-bond acceptors (Lipinski definition) is 3. The first-order valence-corrected chi connectivity index (χ1v) is 6.85. The predicted molar refractivity (Wildman–Crippen MR) is 76.8 cm³/mol. The Hall–Kier alpha value is -1.54. The Bertz CT molecular complexity index is 483. The smallest absolute Gasteiger partial charge is 0.220 e. The number of carbonyl (C=O) groups excluding carboxylic acids is 1. The summed E-state index contributed by atoms with van der Waals surface area (Å²) in [4.78, 5) is 11.6. The Kier molecular flexibility index (Phi) is 6.37. The molecule has 102 valence electrons. The van der Waals surface area contributed by atoms with E-state index in [0.29, 0.717) is 19.4 Å². The molecule has 19 heavy (non-hydrogen) atoms. The molecule has 0 radical (unpaired) electrons. The first-order valence-electron chi connectivity index (χ1n) is 6.05. The van der Waals surface area contributed by atoms with Crippen molar-refractivity contribution in [2.24, 2.45) is 5.92 Å². The molecule has 1 amide bonds. The van der Waals surface area contributed by atoms with Gasteiger partial charge in [-0.1, -0.05) is 15.9 Å². The van der Waals surface area contributed by atoms with Crippen LogP contribution in [0, 0.1) is 17.2 Å². The number of ether oxygens (including phenoxy) is 1. The summed E-state index contributed by atoms with van der Waals surface area (Å²) in [5.74, 6) is 0.565. The lowest BCUT2D eigenvalue weighted by Gasteiger charge is -2.09. The highest BCUT2D eigenvalue weighted by Crippen LogP contribution is 2.24. The number of nitrogens with one attached hydrogen (secondary N) is 1. The van der Waals surface area contributed by atoms with Gasteiger partial charge in [-0.25, -0.2) is 0 Å². The van der Waals surface area contributed by atoms with E-state index in [1.54, 1.807) is 14.0 Å². The van der Waals surface area contributed by atoms with Crippen LogP contribution in [-0.4, -0.2) is 19.6 Å². The third kappa shape index (κ3) is 5.31. The Labute approximate surface area is 121 Å². The summed E-state index contributed by atoms with van der Waals surface area (Å²) in [6.45, 7) is 2.17. The second-order valence-corrected chi connectivity index (χ2v) is 5.21. The predicted octanol–water partition coefficient (Wildman–Crippen LogP) is 2.67. The molecule has 0 saturated heterocycles. The molecule has 1 N–H and O–H groups in total. The SMILES string of the molecule is COc1ccc(Br)cc1CCC(=O)NCC(C)C#N. The molecule has 0 saturated carbocycles. The molecular formula is C14H17BrN2O2. The van der Waals surface area contributed by atoms with Crippen LogP contribution in [0.15, 0.2) is 22.7 Å². The van der Waals surface area contributed by atoms with Gasteiger partial charge in [-0.2, -0.15) is 5.26 Å². The lowest BCUT2D eigenvalue weighted by Crippen LogP contribution is -2.27. The zero-order chi connectivity index (χ0) is 14.3. The van der Waals surface area contributed by atoms with Crippen LogP contribution in [0.25, 0.3) is 0 Å². The fourth-order valence-corrected chi connectivity index (χ4v) is 2.00. The van der Waals surface area contributed by atoms with E-state index in [1.807, 2.05) is 18.2 Å². The summed E-state index contributed by atoms with van der Waals surface area (Å²) in [7, 11) is 1.61. The van der Waals surface area contributed by atoms with Crippen molar-refractivity contribution in [1.29, 1.82) is 5.26 Å². The molecule has 0 aliphatic heterocycles. The van der Waals surface area contributed by atoms with Gasteiger partial charge >= 0.3 is 0 Å². The number of hydrogen-bond donors (Lipinski definition) is 1. The summed E-state index contributed by atoms with van der Waals surface area (Å²) in [6, 6.07) is 7.80. The van der Waals surface area contributed by atoms with Crippen molar-refractivity contribution in [3.05, 3.63) is 28.2 Å². The van der Waals surface area contributed by atoms with Gasteiger partial charge in [0.1, 0.15) is 5.75 Å². The van der Waals surface area contributed by atoms with Crippen LogP contribution in [0.3, 0.4) is 0 Å².